The Hall–Kier alpha value is -0.613. The quantitative estimate of drug-likeness (QED) is 0.287. The largest absolute Gasteiger partial charge is 0.433 e. The van der Waals surface area contributed by atoms with E-state index in [0.29, 0.717) is 12.0 Å². The highest BCUT2D eigenvalue weighted by molar-refractivity contribution is 6.73. The van der Waals surface area contributed by atoms with E-state index in [1.165, 1.54) is 0 Å². The summed E-state index contributed by atoms with van der Waals surface area (Å²) in [5, 5.41) is 0. The molecule has 0 saturated carbocycles. The van der Waals surface area contributed by atoms with Crippen LogP contribution >= 0.6 is 0 Å². The molecule has 0 bridgehead atoms. The summed E-state index contributed by atoms with van der Waals surface area (Å²) in [5.41, 5.74) is 0.420. The van der Waals surface area contributed by atoms with Crippen LogP contribution in [-0.2, 0) is 14.0 Å². The number of hydrogen-bond donors (Lipinski definition) is 0. The van der Waals surface area contributed by atoms with Gasteiger partial charge in [-0.05, 0) is 25.1 Å². The fourth-order valence-corrected chi connectivity index (χ4v) is 4.46. The highest BCUT2D eigenvalue weighted by Gasteiger charge is 2.32. The summed E-state index contributed by atoms with van der Waals surface area (Å²) in [6.07, 6.45) is 0.277. The fourth-order valence-electron chi connectivity index (χ4n) is 1.69. The average Bonchev–Trinajstić information content (AvgIpc) is 2.34. The van der Waals surface area contributed by atoms with Crippen molar-refractivity contribution in [1.29, 1.82) is 0 Å². The van der Waals surface area contributed by atoms with E-state index in [9.17, 15) is 4.79 Å². The van der Waals surface area contributed by atoms with E-state index in [1.54, 1.807) is 6.92 Å². The number of ether oxygens (including phenoxy) is 1. The van der Waals surface area contributed by atoms with Crippen molar-refractivity contribution in [3.8, 4) is 0 Å². The molecule has 0 aliphatic heterocycles. The molecule has 0 fully saturated rings. The highest BCUT2D eigenvalue weighted by Crippen LogP contribution is 2.24. The standard InChI is InChI=1S/C13H26O3Si/c1-7-12(15-13(14)11(5)6)16-17(8-2,9-3)10-4/h12H,5,7-10H2,1-4,6H3. The van der Waals surface area contributed by atoms with Gasteiger partial charge >= 0.3 is 5.97 Å². The van der Waals surface area contributed by atoms with Gasteiger partial charge in [0.15, 0.2) is 14.6 Å². The van der Waals surface area contributed by atoms with Crippen molar-refractivity contribution in [3.05, 3.63) is 12.2 Å². The van der Waals surface area contributed by atoms with Gasteiger partial charge in [-0.25, -0.2) is 4.79 Å². The Labute approximate surface area is 106 Å². The minimum atomic E-state index is -1.71. The molecule has 0 amide bonds. The predicted octanol–water partition coefficient (Wildman–Crippen LogP) is 3.86. The Balaban J connectivity index is 4.57. The van der Waals surface area contributed by atoms with Crippen LogP contribution in [0.15, 0.2) is 12.2 Å². The molecule has 0 aromatic heterocycles. The summed E-state index contributed by atoms with van der Waals surface area (Å²) in [5.74, 6) is -0.358. The van der Waals surface area contributed by atoms with Crippen LogP contribution < -0.4 is 0 Å². The zero-order valence-electron chi connectivity index (χ0n) is 11.8. The van der Waals surface area contributed by atoms with Crippen LogP contribution in [0.25, 0.3) is 0 Å². The van der Waals surface area contributed by atoms with Crippen LogP contribution in [0.1, 0.15) is 41.0 Å². The molecular weight excluding hydrogens is 232 g/mol. The third-order valence-electron chi connectivity index (χ3n) is 3.23. The van der Waals surface area contributed by atoms with Gasteiger partial charge in [0.2, 0.25) is 0 Å². The van der Waals surface area contributed by atoms with Crippen molar-refractivity contribution < 1.29 is 14.0 Å². The first-order chi connectivity index (χ1) is 7.94. The molecule has 1 atom stereocenters. The molecule has 0 rings (SSSR count). The van der Waals surface area contributed by atoms with E-state index in [1.807, 2.05) is 6.92 Å². The summed E-state index contributed by atoms with van der Waals surface area (Å²) >= 11 is 0. The molecule has 3 nitrogen and oxygen atoms in total. The topological polar surface area (TPSA) is 35.5 Å². The average molecular weight is 258 g/mol. The second kappa shape index (κ2) is 7.66. The molecule has 0 aliphatic rings. The van der Waals surface area contributed by atoms with Crippen LogP contribution in [0.3, 0.4) is 0 Å². The van der Waals surface area contributed by atoms with E-state index < -0.39 is 14.6 Å². The van der Waals surface area contributed by atoms with Crippen molar-refractivity contribution in [2.45, 2.75) is 65.5 Å². The van der Waals surface area contributed by atoms with Gasteiger partial charge in [-0.2, -0.15) is 0 Å². The predicted molar refractivity (Wildman–Crippen MR) is 73.3 cm³/mol. The summed E-state index contributed by atoms with van der Waals surface area (Å²) in [6, 6.07) is 3.17. The summed E-state index contributed by atoms with van der Waals surface area (Å²) in [4.78, 5) is 11.5. The second-order valence-corrected chi connectivity index (χ2v) is 9.11. The highest BCUT2D eigenvalue weighted by atomic mass is 28.4. The van der Waals surface area contributed by atoms with Crippen LogP contribution in [-0.4, -0.2) is 20.6 Å². The zero-order valence-corrected chi connectivity index (χ0v) is 12.8. The maximum Gasteiger partial charge on any atom is 0.335 e. The van der Waals surface area contributed by atoms with E-state index in [0.717, 1.165) is 18.1 Å². The van der Waals surface area contributed by atoms with Gasteiger partial charge in [0.25, 0.3) is 0 Å². The van der Waals surface area contributed by atoms with Crippen LogP contribution in [0, 0.1) is 0 Å². The van der Waals surface area contributed by atoms with Crippen molar-refractivity contribution in [2.24, 2.45) is 0 Å². The maximum absolute atomic E-state index is 11.5. The van der Waals surface area contributed by atoms with Gasteiger partial charge in [-0.3, -0.25) is 0 Å². The van der Waals surface area contributed by atoms with E-state index in [2.05, 4.69) is 27.4 Å². The molecule has 0 saturated heterocycles. The Kier molecular flexibility index (Phi) is 7.39. The molecule has 100 valence electrons. The lowest BCUT2D eigenvalue weighted by Crippen LogP contribution is -2.41. The molecule has 1 unspecified atom stereocenters. The number of carbonyl (C=O) groups excluding carboxylic acids is 1. The smallest absolute Gasteiger partial charge is 0.335 e. The zero-order chi connectivity index (χ0) is 13.5. The molecule has 0 aromatic carbocycles. The van der Waals surface area contributed by atoms with E-state index in [-0.39, 0.29) is 5.97 Å². The number of rotatable bonds is 8. The molecule has 4 heteroatoms. The first kappa shape index (κ1) is 16.4. The van der Waals surface area contributed by atoms with E-state index >= 15 is 0 Å². The van der Waals surface area contributed by atoms with Gasteiger partial charge < -0.3 is 9.16 Å². The van der Waals surface area contributed by atoms with Crippen LogP contribution in [0.4, 0.5) is 0 Å². The van der Waals surface area contributed by atoms with Gasteiger partial charge in [0.1, 0.15) is 0 Å². The lowest BCUT2D eigenvalue weighted by Gasteiger charge is -2.32. The minimum Gasteiger partial charge on any atom is -0.433 e. The van der Waals surface area contributed by atoms with Gasteiger partial charge in [0.05, 0.1) is 0 Å². The Bertz CT molecular complexity index is 251. The van der Waals surface area contributed by atoms with Gasteiger partial charge in [-0.15, -0.1) is 0 Å². The Morgan fingerprint density at radius 1 is 1.18 bits per heavy atom. The molecule has 0 aliphatic carbocycles. The third-order valence-corrected chi connectivity index (χ3v) is 7.86. The number of carbonyl (C=O) groups is 1. The normalized spacial score (nSPS) is 13.2. The minimum absolute atomic E-state index is 0.358. The molecular formula is C13H26O3Si. The third kappa shape index (κ3) is 5.04. The molecule has 0 heterocycles. The Morgan fingerprint density at radius 2 is 1.65 bits per heavy atom. The SMILES string of the molecule is C=C(C)C(=O)OC(CC)O[Si](CC)(CC)CC. The van der Waals surface area contributed by atoms with Gasteiger partial charge in [0, 0.05) is 12.0 Å². The van der Waals surface area contributed by atoms with Crippen molar-refractivity contribution in [3.63, 3.8) is 0 Å². The first-order valence-electron chi connectivity index (χ1n) is 6.48. The van der Waals surface area contributed by atoms with Crippen molar-refractivity contribution in [1.82, 2.24) is 0 Å². The summed E-state index contributed by atoms with van der Waals surface area (Å²) < 4.78 is 11.4. The van der Waals surface area contributed by atoms with Crippen LogP contribution in [0.2, 0.25) is 18.1 Å². The van der Waals surface area contributed by atoms with Crippen LogP contribution in [0.5, 0.6) is 0 Å². The summed E-state index contributed by atoms with van der Waals surface area (Å²) in [6.45, 7) is 13.7. The molecule has 0 radical (unpaired) electrons. The molecule has 17 heavy (non-hydrogen) atoms. The molecule has 0 spiro atoms. The fraction of sp³-hybridized carbons (Fsp3) is 0.769. The van der Waals surface area contributed by atoms with Crippen molar-refractivity contribution >= 4 is 14.3 Å². The Morgan fingerprint density at radius 3 is 1.94 bits per heavy atom. The lowest BCUT2D eigenvalue weighted by molar-refractivity contribution is -0.160. The number of hydrogen-bond acceptors (Lipinski definition) is 3. The monoisotopic (exact) mass is 258 g/mol. The maximum atomic E-state index is 11.5. The summed E-state index contributed by atoms with van der Waals surface area (Å²) in [7, 11) is -1.71. The van der Waals surface area contributed by atoms with E-state index in [4.69, 9.17) is 9.16 Å². The second-order valence-electron chi connectivity index (χ2n) is 4.38. The first-order valence-corrected chi connectivity index (χ1v) is 9.01. The lowest BCUT2D eigenvalue weighted by atomic mass is 10.3. The van der Waals surface area contributed by atoms with Gasteiger partial charge in [-0.1, -0.05) is 34.3 Å². The molecule has 0 N–H and O–H groups in total. The number of esters is 1. The molecule has 0 aromatic rings. The van der Waals surface area contributed by atoms with Crippen molar-refractivity contribution in [2.75, 3.05) is 0 Å².